The maximum atomic E-state index is 13.9. The molecule has 1 aliphatic rings. The standard InChI is InChI=1S/C17H26FNO/c1-3-9-17(10-5-4-6-11-19-17)13-14-7-8-16(20-2)15(18)12-14/h7-8,12,19H,3-6,9-11,13H2,1-2H3. The average Bonchev–Trinajstić information content (AvgIpc) is 2.65. The van der Waals surface area contributed by atoms with Gasteiger partial charge in [-0.1, -0.05) is 32.3 Å². The molecule has 112 valence electrons. The van der Waals surface area contributed by atoms with Crippen LogP contribution in [0.25, 0.3) is 0 Å². The predicted molar refractivity (Wildman–Crippen MR) is 80.8 cm³/mol. The van der Waals surface area contributed by atoms with Gasteiger partial charge < -0.3 is 10.1 Å². The van der Waals surface area contributed by atoms with Crippen LogP contribution in [0.4, 0.5) is 4.39 Å². The molecular formula is C17H26FNO. The zero-order chi connectivity index (χ0) is 14.4. The zero-order valence-electron chi connectivity index (χ0n) is 12.7. The van der Waals surface area contributed by atoms with Gasteiger partial charge in [-0.15, -0.1) is 0 Å². The molecule has 2 nitrogen and oxygen atoms in total. The van der Waals surface area contributed by atoms with Crippen LogP contribution in [0.1, 0.15) is 51.0 Å². The van der Waals surface area contributed by atoms with E-state index >= 15 is 0 Å². The normalized spacial score (nSPS) is 23.4. The van der Waals surface area contributed by atoms with Crippen molar-refractivity contribution in [2.45, 2.75) is 57.4 Å². The van der Waals surface area contributed by atoms with Crippen molar-refractivity contribution in [3.63, 3.8) is 0 Å². The molecule has 1 fully saturated rings. The van der Waals surface area contributed by atoms with Gasteiger partial charge in [-0.2, -0.15) is 0 Å². The second kappa shape index (κ2) is 7.07. The second-order valence-corrected chi connectivity index (χ2v) is 5.91. The van der Waals surface area contributed by atoms with Crippen LogP contribution in [0.2, 0.25) is 0 Å². The molecular weight excluding hydrogens is 253 g/mol. The number of ether oxygens (including phenoxy) is 1. The summed E-state index contributed by atoms with van der Waals surface area (Å²) in [4.78, 5) is 0. The minimum Gasteiger partial charge on any atom is -0.494 e. The van der Waals surface area contributed by atoms with Crippen molar-refractivity contribution in [2.75, 3.05) is 13.7 Å². The van der Waals surface area contributed by atoms with E-state index in [4.69, 9.17) is 4.74 Å². The number of halogens is 1. The van der Waals surface area contributed by atoms with Gasteiger partial charge in [0.15, 0.2) is 11.6 Å². The summed E-state index contributed by atoms with van der Waals surface area (Å²) in [6.07, 6.45) is 8.23. The van der Waals surface area contributed by atoms with Gasteiger partial charge >= 0.3 is 0 Å². The first-order chi connectivity index (χ1) is 9.69. The van der Waals surface area contributed by atoms with Crippen LogP contribution in [0.5, 0.6) is 5.75 Å². The van der Waals surface area contributed by atoms with E-state index in [9.17, 15) is 4.39 Å². The Morgan fingerprint density at radius 3 is 2.85 bits per heavy atom. The lowest BCUT2D eigenvalue weighted by Gasteiger charge is -2.34. The second-order valence-electron chi connectivity index (χ2n) is 5.91. The summed E-state index contributed by atoms with van der Waals surface area (Å²) >= 11 is 0. The molecule has 1 heterocycles. The molecule has 1 atom stereocenters. The van der Waals surface area contributed by atoms with Crippen LogP contribution in [0.15, 0.2) is 18.2 Å². The molecule has 0 radical (unpaired) electrons. The zero-order valence-corrected chi connectivity index (χ0v) is 12.7. The van der Waals surface area contributed by atoms with Gasteiger partial charge in [0, 0.05) is 5.54 Å². The third kappa shape index (κ3) is 3.72. The van der Waals surface area contributed by atoms with Crippen LogP contribution in [-0.4, -0.2) is 19.2 Å². The fraction of sp³-hybridized carbons (Fsp3) is 0.647. The SMILES string of the molecule is CCCC1(Cc2ccc(OC)c(F)c2)CCCCCN1. The van der Waals surface area contributed by atoms with E-state index in [1.807, 2.05) is 6.07 Å². The highest BCUT2D eigenvalue weighted by Crippen LogP contribution is 2.29. The quantitative estimate of drug-likeness (QED) is 0.877. The Morgan fingerprint density at radius 2 is 2.15 bits per heavy atom. The number of benzene rings is 1. The van der Waals surface area contributed by atoms with E-state index in [-0.39, 0.29) is 11.4 Å². The molecule has 0 amide bonds. The highest BCUT2D eigenvalue weighted by atomic mass is 19.1. The number of hydrogen-bond acceptors (Lipinski definition) is 2. The Kier molecular flexibility index (Phi) is 5.41. The smallest absolute Gasteiger partial charge is 0.165 e. The van der Waals surface area contributed by atoms with E-state index in [0.29, 0.717) is 5.75 Å². The molecule has 3 heteroatoms. The van der Waals surface area contributed by atoms with Gasteiger partial charge in [-0.3, -0.25) is 0 Å². The first-order valence-electron chi connectivity index (χ1n) is 7.76. The molecule has 1 aromatic carbocycles. The first kappa shape index (κ1) is 15.3. The Labute approximate surface area is 121 Å². The third-order valence-corrected chi connectivity index (χ3v) is 4.32. The van der Waals surface area contributed by atoms with E-state index in [1.165, 1.54) is 32.8 Å². The molecule has 2 rings (SSSR count). The summed E-state index contributed by atoms with van der Waals surface area (Å²) in [5, 5.41) is 3.74. The molecule has 0 spiro atoms. The summed E-state index contributed by atoms with van der Waals surface area (Å²) in [7, 11) is 1.50. The molecule has 0 aromatic heterocycles. The summed E-state index contributed by atoms with van der Waals surface area (Å²) < 4.78 is 18.8. The number of hydrogen-bond donors (Lipinski definition) is 1. The predicted octanol–water partition coefficient (Wildman–Crippen LogP) is 4.08. The lowest BCUT2D eigenvalue weighted by atomic mass is 9.82. The average molecular weight is 279 g/mol. The van der Waals surface area contributed by atoms with Crippen molar-refractivity contribution >= 4 is 0 Å². The minimum absolute atomic E-state index is 0.145. The summed E-state index contributed by atoms with van der Waals surface area (Å²) in [5.74, 6) is 0.0670. The molecule has 0 saturated carbocycles. The monoisotopic (exact) mass is 279 g/mol. The molecule has 0 bridgehead atoms. The van der Waals surface area contributed by atoms with E-state index in [2.05, 4.69) is 12.2 Å². The van der Waals surface area contributed by atoms with Crippen LogP contribution in [-0.2, 0) is 6.42 Å². The van der Waals surface area contributed by atoms with Gasteiger partial charge in [-0.05, 0) is 49.9 Å². The first-order valence-corrected chi connectivity index (χ1v) is 7.76. The maximum absolute atomic E-state index is 13.9. The Balaban J connectivity index is 2.16. The molecule has 1 saturated heterocycles. The van der Waals surface area contributed by atoms with Crippen molar-refractivity contribution in [3.05, 3.63) is 29.6 Å². The van der Waals surface area contributed by atoms with Gasteiger partial charge in [0.05, 0.1) is 7.11 Å². The van der Waals surface area contributed by atoms with Gasteiger partial charge in [0.2, 0.25) is 0 Å². The summed E-state index contributed by atoms with van der Waals surface area (Å²) in [5.41, 5.74) is 1.21. The lowest BCUT2D eigenvalue weighted by molar-refractivity contribution is 0.287. The van der Waals surface area contributed by atoms with Crippen LogP contribution < -0.4 is 10.1 Å². The minimum atomic E-state index is -0.259. The van der Waals surface area contributed by atoms with Gasteiger partial charge in [0.25, 0.3) is 0 Å². The summed E-state index contributed by atoms with van der Waals surface area (Å²) in [6, 6.07) is 5.36. The molecule has 1 aliphatic heterocycles. The Bertz CT molecular complexity index is 425. The summed E-state index contributed by atoms with van der Waals surface area (Å²) in [6.45, 7) is 3.31. The maximum Gasteiger partial charge on any atom is 0.165 e. The number of nitrogens with one attached hydrogen (secondary N) is 1. The Hall–Kier alpha value is -1.09. The topological polar surface area (TPSA) is 21.3 Å². The van der Waals surface area contributed by atoms with Crippen molar-refractivity contribution in [3.8, 4) is 5.75 Å². The molecule has 1 unspecified atom stereocenters. The highest BCUT2D eigenvalue weighted by Gasteiger charge is 2.30. The molecule has 1 aromatic rings. The Morgan fingerprint density at radius 1 is 1.30 bits per heavy atom. The van der Waals surface area contributed by atoms with E-state index in [1.54, 1.807) is 12.1 Å². The van der Waals surface area contributed by atoms with Crippen molar-refractivity contribution in [1.82, 2.24) is 5.32 Å². The van der Waals surface area contributed by atoms with Crippen molar-refractivity contribution < 1.29 is 9.13 Å². The van der Waals surface area contributed by atoms with E-state index in [0.717, 1.165) is 31.4 Å². The van der Waals surface area contributed by atoms with Crippen LogP contribution in [0.3, 0.4) is 0 Å². The lowest BCUT2D eigenvalue weighted by Crippen LogP contribution is -2.46. The molecule has 20 heavy (non-hydrogen) atoms. The fourth-order valence-corrected chi connectivity index (χ4v) is 3.35. The molecule has 0 aliphatic carbocycles. The van der Waals surface area contributed by atoms with Crippen LogP contribution in [0, 0.1) is 5.82 Å². The number of rotatable bonds is 5. The van der Waals surface area contributed by atoms with Crippen molar-refractivity contribution in [1.29, 1.82) is 0 Å². The fourth-order valence-electron chi connectivity index (χ4n) is 3.35. The number of methoxy groups -OCH3 is 1. The van der Waals surface area contributed by atoms with E-state index < -0.39 is 0 Å². The molecule has 1 N–H and O–H groups in total. The van der Waals surface area contributed by atoms with Gasteiger partial charge in [-0.25, -0.2) is 4.39 Å². The van der Waals surface area contributed by atoms with Crippen molar-refractivity contribution in [2.24, 2.45) is 0 Å². The highest BCUT2D eigenvalue weighted by molar-refractivity contribution is 5.30. The largest absolute Gasteiger partial charge is 0.494 e. The van der Waals surface area contributed by atoms with Crippen LogP contribution >= 0.6 is 0 Å². The van der Waals surface area contributed by atoms with Gasteiger partial charge in [0.1, 0.15) is 0 Å². The third-order valence-electron chi connectivity index (χ3n) is 4.32.